The van der Waals surface area contributed by atoms with Gasteiger partial charge in [0.15, 0.2) is 0 Å². The summed E-state index contributed by atoms with van der Waals surface area (Å²) in [5, 5.41) is 0. The number of allylic oxidation sites excluding steroid dienone is 1. The normalized spacial score (nSPS) is 9.12. The maximum atomic E-state index is 5.30. The summed E-state index contributed by atoms with van der Waals surface area (Å²) < 4.78 is 1.39. The molecular weight excluding hydrogens is 201 g/mol. The van der Waals surface area contributed by atoms with E-state index in [-0.39, 0.29) is 0 Å². The quantitative estimate of drug-likeness (QED) is 0.686. The van der Waals surface area contributed by atoms with Gasteiger partial charge in [-0.15, -0.1) is 0 Å². The van der Waals surface area contributed by atoms with Crippen molar-refractivity contribution in [2.45, 2.75) is 19.3 Å². The minimum atomic E-state index is 0.827. The van der Waals surface area contributed by atoms with Crippen LogP contribution in [0.5, 0.6) is 0 Å². The fourth-order valence-corrected chi connectivity index (χ4v) is 1.08. The van der Waals surface area contributed by atoms with Gasteiger partial charge in [-0.1, -0.05) is 0 Å². The first kappa shape index (κ1) is 8.57. The van der Waals surface area contributed by atoms with Gasteiger partial charge in [0.2, 0.25) is 0 Å². The third-order valence-corrected chi connectivity index (χ3v) is 1.78. The minimum absolute atomic E-state index is 0.827. The summed E-state index contributed by atoms with van der Waals surface area (Å²) in [5.41, 5.74) is 5.30. The molecule has 0 heterocycles. The predicted molar refractivity (Wildman–Crippen MR) is 37.8 cm³/mol. The van der Waals surface area contributed by atoms with Crippen LogP contribution in [0, 0.1) is 0 Å². The Kier molecular flexibility index (Phi) is 6.11. The zero-order chi connectivity index (χ0) is 6.41. The Labute approximate surface area is 65.9 Å². The summed E-state index contributed by atoms with van der Waals surface area (Å²) in [5.74, 6) is 0. The van der Waals surface area contributed by atoms with E-state index in [1.165, 1.54) is 40.5 Å². The first-order chi connectivity index (χ1) is 3.77. The molecule has 0 rings (SSSR count). The van der Waals surface area contributed by atoms with Crippen LogP contribution in [0.1, 0.15) is 19.3 Å². The second kappa shape index (κ2) is 5.70. The third kappa shape index (κ3) is 6.57. The van der Waals surface area contributed by atoms with Gasteiger partial charge in [0, 0.05) is 0 Å². The van der Waals surface area contributed by atoms with Crippen molar-refractivity contribution >= 4 is 24.4 Å². The van der Waals surface area contributed by atoms with Gasteiger partial charge >= 0.3 is 65.8 Å². The third-order valence-electron chi connectivity index (χ3n) is 0.952. The molecule has 2 heteroatoms. The topological polar surface area (TPSA) is 26.0 Å². The van der Waals surface area contributed by atoms with E-state index in [2.05, 4.69) is 6.58 Å². The predicted octanol–water partition coefficient (Wildman–Crippen LogP) is 0.798. The van der Waals surface area contributed by atoms with Crippen molar-refractivity contribution in [2.24, 2.45) is 5.73 Å². The standard InChI is InChI=1S/C6H12N.In/c1-2-3-4-5-6-7;/h1,3-7H2;. The van der Waals surface area contributed by atoms with Crippen LogP contribution in [0.25, 0.3) is 0 Å². The average Bonchev–Trinajstić information content (AvgIpc) is 1.66. The Bertz CT molecular complexity index is 70.9. The van der Waals surface area contributed by atoms with Crippen molar-refractivity contribution < 1.29 is 0 Å². The molecule has 0 unspecified atom stereocenters. The van der Waals surface area contributed by atoms with Gasteiger partial charge in [-0.3, -0.25) is 0 Å². The summed E-state index contributed by atoms with van der Waals surface area (Å²) >= 11 is 1.21. The van der Waals surface area contributed by atoms with Crippen molar-refractivity contribution in [3.8, 4) is 0 Å². The molecule has 0 spiro atoms. The zero-order valence-corrected chi connectivity index (χ0v) is 8.49. The van der Waals surface area contributed by atoms with Crippen LogP contribution in [-0.4, -0.2) is 30.9 Å². The SMILES string of the molecule is C=[C]([In])CCCCN. The molecule has 0 aromatic carbocycles. The molecule has 0 amide bonds. The molecule has 0 aliphatic carbocycles. The first-order valence-electron chi connectivity index (χ1n) is 2.90. The molecule has 0 bridgehead atoms. The zero-order valence-electron chi connectivity index (χ0n) is 5.19. The van der Waals surface area contributed by atoms with Gasteiger partial charge in [-0.05, 0) is 0 Å². The summed E-state index contributed by atoms with van der Waals surface area (Å²) in [6, 6.07) is 0. The van der Waals surface area contributed by atoms with Crippen LogP contribution in [-0.2, 0) is 0 Å². The van der Waals surface area contributed by atoms with Crippen LogP contribution < -0.4 is 5.73 Å². The molecule has 1 nitrogen and oxygen atoms in total. The van der Waals surface area contributed by atoms with Gasteiger partial charge < -0.3 is 0 Å². The van der Waals surface area contributed by atoms with E-state index in [9.17, 15) is 0 Å². The van der Waals surface area contributed by atoms with Crippen molar-refractivity contribution in [1.82, 2.24) is 0 Å². The number of hydrogen-bond acceptors (Lipinski definition) is 1. The summed E-state index contributed by atoms with van der Waals surface area (Å²) in [7, 11) is 0. The van der Waals surface area contributed by atoms with Gasteiger partial charge in [0.05, 0.1) is 0 Å². The van der Waals surface area contributed by atoms with E-state index >= 15 is 0 Å². The number of rotatable bonds is 4. The summed E-state index contributed by atoms with van der Waals surface area (Å²) in [6.45, 7) is 4.67. The van der Waals surface area contributed by atoms with Crippen molar-refractivity contribution in [3.05, 3.63) is 9.91 Å². The molecule has 0 aromatic heterocycles. The van der Waals surface area contributed by atoms with Gasteiger partial charge in [-0.25, -0.2) is 0 Å². The molecule has 44 valence electrons. The van der Waals surface area contributed by atoms with Gasteiger partial charge in [0.25, 0.3) is 0 Å². The fraction of sp³-hybridized carbons (Fsp3) is 0.667. The Hall–Kier alpha value is 0.570. The summed E-state index contributed by atoms with van der Waals surface area (Å²) in [4.78, 5) is 0. The molecule has 0 saturated heterocycles. The van der Waals surface area contributed by atoms with E-state index in [4.69, 9.17) is 5.73 Å². The molecule has 8 heavy (non-hydrogen) atoms. The van der Waals surface area contributed by atoms with Crippen LogP contribution in [0.3, 0.4) is 0 Å². The Morgan fingerprint density at radius 2 is 2.12 bits per heavy atom. The van der Waals surface area contributed by atoms with E-state index in [1.54, 1.807) is 0 Å². The number of hydrogen-bond donors (Lipinski definition) is 1. The van der Waals surface area contributed by atoms with E-state index in [0.29, 0.717) is 0 Å². The van der Waals surface area contributed by atoms with Crippen LogP contribution in [0.4, 0.5) is 0 Å². The number of unbranched alkanes of at least 4 members (excludes halogenated alkanes) is 1. The molecular formula is C6H12InN. The van der Waals surface area contributed by atoms with Crippen LogP contribution in [0.2, 0.25) is 0 Å². The fourth-order valence-electron chi connectivity index (χ4n) is 0.496. The Balaban J connectivity index is 2.82. The van der Waals surface area contributed by atoms with Crippen LogP contribution in [0.15, 0.2) is 9.91 Å². The maximum absolute atomic E-state index is 5.30. The molecule has 2 radical (unpaired) electrons. The Morgan fingerprint density at radius 3 is 2.50 bits per heavy atom. The van der Waals surface area contributed by atoms with Crippen LogP contribution >= 0.6 is 0 Å². The molecule has 0 saturated carbocycles. The van der Waals surface area contributed by atoms with Crippen molar-refractivity contribution in [3.63, 3.8) is 0 Å². The second-order valence-electron chi connectivity index (χ2n) is 1.90. The summed E-state index contributed by atoms with van der Waals surface area (Å²) in [6.07, 6.45) is 3.58. The van der Waals surface area contributed by atoms with Crippen molar-refractivity contribution in [1.29, 1.82) is 0 Å². The van der Waals surface area contributed by atoms with E-state index in [1.807, 2.05) is 0 Å². The van der Waals surface area contributed by atoms with Crippen molar-refractivity contribution in [2.75, 3.05) is 6.54 Å². The van der Waals surface area contributed by atoms with E-state index < -0.39 is 0 Å². The van der Waals surface area contributed by atoms with E-state index in [0.717, 1.165) is 13.0 Å². The monoisotopic (exact) mass is 213 g/mol. The molecule has 0 aliphatic rings. The average molecular weight is 213 g/mol. The van der Waals surface area contributed by atoms with Gasteiger partial charge in [-0.2, -0.15) is 0 Å². The number of nitrogens with two attached hydrogens (primary N) is 1. The molecule has 0 fully saturated rings. The van der Waals surface area contributed by atoms with Gasteiger partial charge in [0.1, 0.15) is 0 Å². The first-order valence-corrected chi connectivity index (χ1v) is 4.55. The second-order valence-corrected chi connectivity index (χ2v) is 4.23. The molecule has 0 aromatic rings. The Morgan fingerprint density at radius 1 is 1.50 bits per heavy atom. The molecule has 2 N–H and O–H groups in total. The molecule has 0 aliphatic heterocycles. The molecule has 0 atom stereocenters.